The van der Waals surface area contributed by atoms with Crippen molar-refractivity contribution in [3.05, 3.63) is 58.4 Å². The quantitative estimate of drug-likeness (QED) is 0.797. The van der Waals surface area contributed by atoms with Crippen LogP contribution in [0.3, 0.4) is 0 Å². The Balaban J connectivity index is 2.06. The van der Waals surface area contributed by atoms with Crippen molar-refractivity contribution in [2.45, 2.75) is 20.1 Å². The second-order valence-electron chi connectivity index (χ2n) is 4.92. The summed E-state index contributed by atoms with van der Waals surface area (Å²) in [6, 6.07) is 3.19. The first-order chi connectivity index (χ1) is 10.9. The van der Waals surface area contributed by atoms with Crippen LogP contribution in [0.25, 0.3) is 0 Å². The summed E-state index contributed by atoms with van der Waals surface area (Å²) in [4.78, 5) is 15.2. The van der Waals surface area contributed by atoms with Crippen molar-refractivity contribution in [1.29, 1.82) is 0 Å². The van der Waals surface area contributed by atoms with E-state index in [-0.39, 0.29) is 30.2 Å². The van der Waals surface area contributed by atoms with Crippen molar-refractivity contribution < 1.29 is 28.5 Å². The molecule has 0 bridgehead atoms. The van der Waals surface area contributed by atoms with Crippen LogP contribution < -0.4 is 0 Å². The molecule has 0 aliphatic heterocycles. The number of pyridine rings is 1. The van der Waals surface area contributed by atoms with Crippen LogP contribution in [0.5, 0.6) is 5.75 Å². The summed E-state index contributed by atoms with van der Waals surface area (Å²) in [6.45, 7) is 0.766. The first-order valence-corrected chi connectivity index (χ1v) is 6.77. The smallest absolute Gasteiger partial charge is 0.210 e. The Bertz CT molecular complexity index is 734. The number of carbonyl (C=O) groups excluding carboxylic acids is 1. The summed E-state index contributed by atoms with van der Waals surface area (Å²) < 4.78 is 31.6. The lowest BCUT2D eigenvalue weighted by Crippen LogP contribution is -2.09. The zero-order valence-electron chi connectivity index (χ0n) is 12.3. The van der Waals surface area contributed by atoms with Crippen molar-refractivity contribution in [3.8, 4) is 5.75 Å². The molecule has 0 unspecified atom stereocenters. The minimum absolute atomic E-state index is 0.0246. The van der Waals surface area contributed by atoms with E-state index in [0.717, 1.165) is 12.1 Å². The van der Waals surface area contributed by atoms with Gasteiger partial charge >= 0.3 is 0 Å². The Morgan fingerprint density at radius 2 is 1.96 bits per heavy atom. The predicted molar refractivity (Wildman–Crippen MR) is 76.9 cm³/mol. The minimum atomic E-state index is -0.750. The van der Waals surface area contributed by atoms with Crippen LogP contribution in [-0.4, -0.2) is 27.6 Å². The number of hydrogen-bond donors (Lipinski definition) is 2. The van der Waals surface area contributed by atoms with E-state index in [9.17, 15) is 18.7 Å². The van der Waals surface area contributed by atoms with Gasteiger partial charge in [0.05, 0.1) is 13.2 Å². The highest BCUT2D eigenvalue weighted by molar-refractivity contribution is 5.97. The maximum absolute atomic E-state index is 13.5. The van der Waals surface area contributed by atoms with Crippen molar-refractivity contribution in [1.82, 2.24) is 4.98 Å². The number of nitrogens with zero attached hydrogens (tertiary/aromatic N) is 1. The van der Waals surface area contributed by atoms with E-state index in [0.29, 0.717) is 11.1 Å². The lowest BCUT2D eigenvalue weighted by atomic mass is 10.1. The van der Waals surface area contributed by atoms with Crippen molar-refractivity contribution in [2.75, 3.05) is 6.61 Å². The number of rotatable bonds is 6. The van der Waals surface area contributed by atoms with Gasteiger partial charge < -0.3 is 14.9 Å². The molecule has 7 heteroatoms. The number of halogens is 2. The Kier molecular flexibility index (Phi) is 5.36. The summed E-state index contributed by atoms with van der Waals surface area (Å²) in [7, 11) is 0. The van der Waals surface area contributed by atoms with Gasteiger partial charge in [0.15, 0.2) is 5.69 Å². The van der Waals surface area contributed by atoms with E-state index in [1.54, 1.807) is 6.92 Å². The molecule has 0 aliphatic carbocycles. The molecular weight excluding hydrogens is 308 g/mol. The fraction of sp³-hybridized carbons (Fsp3) is 0.250. The molecule has 1 aromatic heterocycles. The number of ether oxygens (including phenoxy) is 1. The number of aliphatic hydroxyl groups is 1. The molecule has 0 atom stereocenters. The lowest BCUT2D eigenvalue weighted by Gasteiger charge is -2.11. The SMILES string of the molecule is Cc1c(COCc2ccc(F)cc2F)cnc(C(=O)CO)c1O. The summed E-state index contributed by atoms with van der Waals surface area (Å²) in [6.07, 6.45) is 1.35. The number of aliphatic hydroxyl groups excluding tert-OH is 1. The number of aromatic hydroxyl groups is 1. The Morgan fingerprint density at radius 1 is 1.26 bits per heavy atom. The number of Topliss-reactive ketones (excluding diaryl/α,β-unsaturated/α-hetero) is 1. The molecule has 0 amide bonds. The van der Waals surface area contributed by atoms with Crippen molar-refractivity contribution >= 4 is 5.78 Å². The van der Waals surface area contributed by atoms with E-state index in [4.69, 9.17) is 9.84 Å². The van der Waals surface area contributed by atoms with E-state index >= 15 is 0 Å². The highest BCUT2D eigenvalue weighted by atomic mass is 19.1. The van der Waals surface area contributed by atoms with Crippen LogP contribution in [0.4, 0.5) is 8.78 Å². The molecule has 0 fully saturated rings. The molecular formula is C16H15F2NO4. The topological polar surface area (TPSA) is 79.7 Å². The average Bonchev–Trinajstić information content (AvgIpc) is 2.53. The number of carbonyl (C=O) groups is 1. The largest absolute Gasteiger partial charge is 0.505 e. The molecule has 0 aliphatic rings. The first kappa shape index (κ1) is 17.0. The fourth-order valence-corrected chi connectivity index (χ4v) is 1.96. The summed E-state index contributed by atoms with van der Waals surface area (Å²) in [5.41, 5.74) is 0.891. The summed E-state index contributed by atoms with van der Waals surface area (Å²) in [5.74, 6) is -2.38. The summed E-state index contributed by atoms with van der Waals surface area (Å²) >= 11 is 0. The molecule has 1 aromatic carbocycles. The van der Waals surface area contributed by atoms with E-state index < -0.39 is 24.0 Å². The Labute approximate surface area is 131 Å². The molecule has 0 radical (unpaired) electrons. The standard InChI is InChI=1S/C16H15F2NO4/c1-9-11(5-19-15(16(9)22)14(21)6-20)8-23-7-10-2-3-12(17)4-13(10)18/h2-5,20,22H,6-8H2,1H3. The first-order valence-electron chi connectivity index (χ1n) is 6.77. The van der Waals surface area contributed by atoms with Crippen molar-refractivity contribution in [2.24, 2.45) is 0 Å². The number of benzene rings is 1. The van der Waals surface area contributed by atoms with Crippen LogP contribution in [0.15, 0.2) is 24.4 Å². The van der Waals surface area contributed by atoms with Gasteiger partial charge in [-0.05, 0) is 13.0 Å². The molecule has 0 saturated heterocycles. The van der Waals surface area contributed by atoms with Crippen molar-refractivity contribution in [3.63, 3.8) is 0 Å². The zero-order chi connectivity index (χ0) is 17.0. The van der Waals surface area contributed by atoms with E-state index in [1.165, 1.54) is 12.3 Å². The maximum atomic E-state index is 13.5. The molecule has 122 valence electrons. The number of aromatic nitrogens is 1. The van der Waals surface area contributed by atoms with Gasteiger partial charge in [-0.1, -0.05) is 6.07 Å². The van der Waals surface area contributed by atoms with Gasteiger partial charge in [0.25, 0.3) is 0 Å². The van der Waals surface area contributed by atoms with E-state index in [1.807, 2.05) is 0 Å². The summed E-state index contributed by atoms with van der Waals surface area (Å²) in [5, 5.41) is 18.7. The second-order valence-corrected chi connectivity index (χ2v) is 4.92. The molecule has 1 heterocycles. The highest BCUT2D eigenvalue weighted by Crippen LogP contribution is 2.24. The third-order valence-corrected chi connectivity index (χ3v) is 3.35. The second kappa shape index (κ2) is 7.26. The molecule has 2 rings (SSSR count). The predicted octanol–water partition coefficient (Wildman–Crippen LogP) is 2.27. The van der Waals surface area contributed by atoms with Gasteiger partial charge in [0.2, 0.25) is 5.78 Å². The van der Waals surface area contributed by atoms with Crippen LogP contribution in [0.2, 0.25) is 0 Å². The average molecular weight is 323 g/mol. The lowest BCUT2D eigenvalue weighted by molar-refractivity contribution is 0.0893. The Morgan fingerprint density at radius 3 is 2.61 bits per heavy atom. The molecule has 0 spiro atoms. The maximum Gasteiger partial charge on any atom is 0.210 e. The fourth-order valence-electron chi connectivity index (χ4n) is 1.96. The van der Waals surface area contributed by atoms with Crippen LogP contribution in [0, 0.1) is 18.6 Å². The third kappa shape index (κ3) is 3.88. The monoisotopic (exact) mass is 323 g/mol. The molecule has 5 nitrogen and oxygen atoms in total. The number of ketones is 1. The van der Waals surface area contributed by atoms with Crippen LogP contribution in [0.1, 0.15) is 27.2 Å². The molecule has 23 heavy (non-hydrogen) atoms. The Hall–Kier alpha value is -2.38. The minimum Gasteiger partial charge on any atom is -0.505 e. The molecule has 0 saturated carbocycles. The highest BCUT2D eigenvalue weighted by Gasteiger charge is 2.16. The van der Waals surface area contributed by atoms with Crippen LogP contribution in [-0.2, 0) is 18.0 Å². The normalized spacial score (nSPS) is 10.8. The van der Waals surface area contributed by atoms with Crippen LogP contribution >= 0.6 is 0 Å². The number of hydrogen-bond acceptors (Lipinski definition) is 5. The van der Waals surface area contributed by atoms with Gasteiger partial charge in [-0.25, -0.2) is 13.8 Å². The van der Waals surface area contributed by atoms with Gasteiger partial charge in [0, 0.05) is 29.0 Å². The van der Waals surface area contributed by atoms with E-state index in [2.05, 4.69) is 4.98 Å². The van der Waals surface area contributed by atoms with Gasteiger partial charge in [0.1, 0.15) is 24.0 Å². The third-order valence-electron chi connectivity index (χ3n) is 3.35. The molecule has 2 aromatic rings. The molecule has 2 N–H and O–H groups in total. The van der Waals surface area contributed by atoms with Gasteiger partial charge in [-0.2, -0.15) is 0 Å². The van der Waals surface area contributed by atoms with Gasteiger partial charge in [-0.15, -0.1) is 0 Å². The zero-order valence-corrected chi connectivity index (χ0v) is 12.3. The van der Waals surface area contributed by atoms with Gasteiger partial charge in [-0.3, -0.25) is 4.79 Å².